The number of likely N-dealkylation sites (N-methyl/N-ethyl adjacent to an activating group) is 1. The third kappa shape index (κ3) is 3.45. The predicted octanol–water partition coefficient (Wildman–Crippen LogP) is 2.05. The summed E-state index contributed by atoms with van der Waals surface area (Å²) in [5, 5.41) is 3.59. The molecule has 2 rings (SSSR count). The number of hydrogen-bond acceptors (Lipinski definition) is 3. The van der Waals surface area contributed by atoms with Gasteiger partial charge in [0, 0.05) is 18.6 Å². The van der Waals surface area contributed by atoms with Crippen LogP contribution in [-0.4, -0.2) is 38.7 Å². The minimum Gasteiger partial charge on any atom is -0.497 e. The lowest BCUT2D eigenvalue weighted by Crippen LogP contribution is -2.32. The van der Waals surface area contributed by atoms with E-state index in [1.807, 2.05) is 12.1 Å². The first-order chi connectivity index (χ1) is 8.20. The van der Waals surface area contributed by atoms with Crippen molar-refractivity contribution in [1.29, 1.82) is 0 Å². The highest BCUT2D eigenvalue weighted by Gasteiger charge is 2.23. The molecule has 1 aliphatic rings. The third-order valence-electron chi connectivity index (χ3n) is 3.30. The molecular weight excluding hydrogens is 212 g/mol. The van der Waals surface area contributed by atoms with Gasteiger partial charge in [0.15, 0.2) is 0 Å². The van der Waals surface area contributed by atoms with E-state index in [0.717, 1.165) is 18.3 Å². The first-order valence-corrected chi connectivity index (χ1v) is 6.24. The zero-order valence-electron chi connectivity index (χ0n) is 10.9. The van der Waals surface area contributed by atoms with Gasteiger partial charge in [-0.15, -0.1) is 0 Å². The van der Waals surface area contributed by atoms with Gasteiger partial charge in [-0.25, -0.2) is 0 Å². The van der Waals surface area contributed by atoms with E-state index in [4.69, 9.17) is 4.74 Å². The van der Waals surface area contributed by atoms with Gasteiger partial charge in [-0.05, 0) is 44.6 Å². The van der Waals surface area contributed by atoms with Gasteiger partial charge in [-0.3, -0.25) is 0 Å². The maximum absolute atomic E-state index is 5.19. The molecule has 0 bridgehead atoms. The van der Waals surface area contributed by atoms with Crippen LogP contribution < -0.4 is 10.1 Å². The molecule has 3 nitrogen and oxygen atoms in total. The number of rotatable bonds is 6. The second kappa shape index (κ2) is 5.52. The smallest absolute Gasteiger partial charge is 0.118 e. The Morgan fingerprint density at radius 3 is 2.41 bits per heavy atom. The standard InChI is InChI=1S/C14H22N2O/c1-16(2)14(10-15-12-6-7-12)11-4-8-13(17-3)9-5-11/h4-5,8-9,12,14-15H,6-7,10H2,1-3H3. The molecule has 0 aromatic heterocycles. The average Bonchev–Trinajstić information content (AvgIpc) is 3.14. The highest BCUT2D eigenvalue weighted by Crippen LogP contribution is 2.23. The molecule has 94 valence electrons. The molecule has 1 unspecified atom stereocenters. The van der Waals surface area contributed by atoms with Crippen molar-refractivity contribution in [1.82, 2.24) is 10.2 Å². The Labute approximate surface area is 104 Å². The molecular formula is C14H22N2O. The Bertz CT molecular complexity index is 344. The number of hydrogen-bond donors (Lipinski definition) is 1. The topological polar surface area (TPSA) is 24.5 Å². The van der Waals surface area contributed by atoms with Crippen molar-refractivity contribution in [3.63, 3.8) is 0 Å². The largest absolute Gasteiger partial charge is 0.497 e. The molecule has 1 N–H and O–H groups in total. The van der Waals surface area contributed by atoms with Gasteiger partial charge in [-0.1, -0.05) is 12.1 Å². The molecule has 0 spiro atoms. The first kappa shape index (κ1) is 12.4. The second-order valence-corrected chi connectivity index (χ2v) is 4.94. The van der Waals surface area contributed by atoms with Crippen LogP contribution in [0.2, 0.25) is 0 Å². The zero-order valence-corrected chi connectivity index (χ0v) is 10.9. The van der Waals surface area contributed by atoms with Crippen LogP contribution in [0.1, 0.15) is 24.4 Å². The Balaban J connectivity index is 2.01. The van der Waals surface area contributed by atoms with E-state index in [2.05, 4.69) is 36.4 Å². The lowest BCUT2D eigenvalue weighted by atomic mass is 10.1. The Hall–Kier alpha value is -1.06. The van der Waals surface area contributed by atoms with Gasteiger partial charge >= 0.3 is 0 Å². The van der Waals surface area contributed by atoms with E-state index >= 15 is 0 Å². The monoisotopic (exact) mass is 234 g/mol. The molecule has 1 saturated carbocycles. The van der Waals surface area contributed by atoms with E-state index in [0.29, 0.717) is 6.04 Å². The van der Waals surface area contributed by atoms with Crippen molar-refractivity contribution < 1.29 is 4.74 Å². The van der Waals surface area contributed by atoms with Gasteiger partial charge in [-0.2, -0.15) is 0 Å². The van der Waals surface area contributed by atoms with E-state index in [1.54, 1.807) is 7.11 Å². The molecule has 0 radical (unpaired) electrons. The number of nitrogens with zero attached hydrogens (tertiary/aromatic N) is 1. The van der Waals surface area contributed by atoms with Crippen molar-refractivity contribution in [3.8, 4) is 5.75 Å². The predicted molar refractivity (Wildman–Crippen MR) is 70.4 cm³/mol. The van der Waals surface area contributed by atoms with Crippen LogP contribution in [0.5, 0.6) is 5.75 Å². The molecule has 1 atom stereocenters. The third-order valence-corrected chi connectivity index (χ3v) is 3.30. The van der Waals surface area contributed by atoms with E-state index < -0.39 is 0 Å². The minimum absolute atomic E-state index is 0.432. The maximum atomic E-state index is 5.19. The second-order valence-electron chi connectivity index (χ2n) is 4.94. The van der Waals surface area contributed by atoms with Crippen LogP contribution in [0.25, 0.3) is 0 Å². The molecule has 1 aliphatic carbocycles. The fraction of sp³-hybridized carbons (Fsp3) is 0.571. The highest BCUT2D eigenvalue weighted by molar-refractivity contribution is 5.29. The van der Waals surface area contributed by atoms with Gasteiger partial charge in [0.2, 0.25) is 0 Å². The summed E-state index contributed by atoms with van der Waals surface area (Å²) in [6.07, 6.45) is 2.67. The summed E-state index contributed by atoms with van der Waals surface area (Å²) < 4.78 is 5.19. The quantitative estimate of drug-likeness (QED) is 0.815. The van der Waals surface area contributed by atoms with Gasteiger partial charge in [0.1, 0.15) is 5.75 Å². The van der Waals surface area contributed by atoms with Crippen molar-refractivity contribution in [2.45, 2.75) is 24.9 Å². The van der Waals surface area contributed by atoms with Crippen molar-refractivity contribution in [2.24, 2.45) is 0 Å². The number of nitrogens with one attached hydrogen (secondary N) is 1. The summed E-state index contributed by atoms with van der Waals surface area (Å²) in [6.45, 7) is 1.02. The minimum atomic E-state index is 0.432. The summed E-state index contributed by atoms with van der Waals surface area (Å²) in [5.41, 5.74) is 1.34. The average molecular weight is 234 g/mol. The molecule has 1 aromatic rings. The summed E-state index contributed by atoms with van der Waals surface area (Å²) in [7, 11) is 5.96. The van der Waals surface area contributed by atoms with E-state index in [1.165, 1.54) is 18.4 Å². The van der Waals surface area contributed by atoms with E-state index in [-0.39, 0.29) is 0 Å². The fourth-order valence-corrected chi connectivity index (χ4v) is 1.99. The first-order valence-electron chi connectivity index (χ1n) is 6.24. The fourth-order valence-electron chi connectivity index (χ4n) is 1.99. The maximum Gasteiger partial charge on any atom is 0.118 e. The van der Waals surface area contributed by atoms with Gasteiger partial charge in [0.05, 0.1) is 7.11 Å². The molecule has 17 heavy (non-hydrogen) atoms. The van der Waals surface area contributed by atoms with Crippen LogP contribution in [-0.2, 0) is 0 Å². The van der Waals surface area contributed by atoms with Crippen LogP contribution in [0.4, 0.5) is 0 Å². The SMILES string of the molecule is COc1ccc(C(CNC2CC2)N(C)C)cc1. The van der Waals surface area contributed by atoms with Crippen LogP contribution >= 0.6 is 0 Å². The molecule has 1 fully saturated rings. The Morgan fingerprint density at radius 1 is 1.29 bits per heavy atom. The van der Waals surface area contributed by atoms with Crippen LogP contribution in [0.15, 0.2) is 24.3 Å². The van der Waals surface area contributed by atoms with E-state index in [9.17, 15) is 0 Å². The van der Waals surface area contributed by atoms with Crippen LogP contribution in [0, 0.1) is 0 Å². The Morgan fingerprint density at radius 2 is 1.94 bits per heavy atom. The number of benzene rings is 1. The molecule has 0 aliphatic heterocycles. The van der Waals surface area contributed by atoms with Crippen molar-refractivity contribution >= 4 is 0 Å². The lowest BCUT2D eigenvalue weighted by molar-refractivity contribution is 0.288. The normalized spacial score (nSPS) is 17.2. The van der Waals surface area contributed by atoms with Crippen molar-refractivity contribution in [3.05, 3.63) is 29.8 Å². The summed E-state index contributed by atoms with van der Waals surface area (Å²) >= 11 is 0. The zero-order chi connectivity index (χ0) is 12.3. The summed E-state index contributed by atoms with van der Waals surface area (Å²) in [5.74, 6) is 0.918. The van der Waals surface area contributed by atoms with Gasteiger partial charge < -0.3 is 15.0 Å². The molecule has 0 saturated heterocycles. The molecule has 0 heterocycles. The molecule has 3 heteroatoms. The Kier molecular flexibility index (Phi) is 4.02. The summed E-state index contributed by atoms with van der Waals surface area (Å²) in [6, 6.07) is 9.56. The van der Waals surface area contributed by atoms with Crippen LogP contribution in [0.3, 0.4) is 0 Å². The van der Waals surface area contributed by atoms with Gasteiger partial charge in [0.25, 0.3) is 0 Å². The van der Waals surface area contributed by atoms with Crippen molar-refractivity contribution in [2.75, 3.05) is 27.7 Å². The summed E-state index contributed by atoms with van der Waals surface area (Å²) in [4.78, 5) is 2.26. The number of ether oxygens (including phenoxy) is 1. The molecule has 0 amide bonds. The lowest BCUT2D eigenvalue weighted by Gasteiger charge is -2.25. The highest BCUT2D eigenvalue weighted by atomic mass is 16.5. The number of methoxy groups -OCH3 is 1. The molecule has 1 aromatic carbocycles.